The fourth-order valence-electron chi connectivity index (χ4n) is 2.63. The maximum atomic E-state index is 12.0. The van der Waals surface area contributed by atoms with Gasteiger partial charge in [0.1, 0.15) is 0 Å². The first-order valence-corrected chi connectivity index (χ1v) is 7.44. The van der Waals surface area contributed by atoms with E-state index >= 15 is 0 Å². The number of aliphatic hydroxyl groups is 1. The highest BCUT2D eigenvalue weighted by molar-refractivity contribution is 5.84. The van der Waals surface area contributed by atoms with Crippen LogP contribution in [0.5, 0.6) is 0 Å². The number of carboxylic acid groups (broad SMARTS) is 1. The lowest BCUT2D eigenvalue weighted by atomic mass is 9.76. The van der Waals surface area contributed by atoms with E-state index in [9.17, 15) is 19.8 Å². The van der Waals surface area contributed by atoms with Crippen molar-refractivity contribution in [1.82, 2.24) is 5.32 Å². The van der Waals surface area contributed by atoms with Gasteiger partial charge in [0.15, 0.2) is 0 Å². The minimum absolute atomic E-state index is 0.00469. The van der Waals surface area contributed by atoms with Crippen LogP contribution in [-0.4, -0.2) is 34.7 Å². The summed E-state index contributed by atoms with van der Waals surface area (Å²) in [6.45, 7) is 5.78. The number of hydrogen-bond donors (Lipinski definition) is 3. The number of carbonyl (C=O) groups excluding carboxylic acids is 1. The molecule has 0 radical (unpaired) electrons. The van der Waals surface area contributed by atoms with E-state index < -0.39 is 11.4 Å². The number of aliphatic carboxylic acids is 1. The van der Waals surface area contributed by atoms with Gasteiger partial charge in [0, 0.05) is 13.0 Å². The summed E-state index contributed by atoms with van der Waals surface area (Å²) < 4.78 is 0. The van der Waals surface area contributed by atoms with E-state index in [1.54, 1.807) is 6.92 Å². The van der Waals surface area contributed by atoms with Crippen molar-refractivity contribution in [3.05, 3.63) is 0 Å². The van der Waals surface area contributed by atoms with E-state index in [4.69, 9.17) is 0 Å². The molecule has 1 fully saturated rings. The Morgan fingerprint density at radius 2 is 2.00 bits per heavy atom. The summed E-state index contributed by atoms with van der Waals surface area (Å²) in [6, 6.07) is 0. The summed E-state index contributed by atoms with van der Waals surface area (Å²) in [4.78, 5) is 23.3. The molecule has 3 N–H and O–H groups in total. The predicted molar refractivity (Wildman–Crippen MR) is 76.2 cm³/mol. The quantitative estimate of drug-likeness (QED) is 0.694. The number of rotatable bonds is 6. The minimum atomic E-state index is -1.03. The van der Waals surface area contributed by atoms with E-state index in [2.05, 4.69) is 5.32 Å². The summed E-state index contributed by atoms with van der Waals surface area (Å²) in [5, 5.41) is 21.7. The predicted octanol–water partition coefficient (Wildman–Crippen LogP) is 1.79. The molecule has 1 rings (SSSR count). The van der Waals surface area contributed by atoms with Crippen LogP contribution in [0.2, 0.25) is 0 Å². The highest BCUT2D eigenvalue weighted by atomic mass is 16.4. The van der Waals surface area contributed by atoms with Gasteiger partial charge in [0.05, 0.1) is 11.5 Å². The monoisotopic (exact) mass is 285 g/mol. The number of aliphatic hydroxyl groups excluding tert-OH is 1. The molecule has 1 aliphatic rings. The molecule has 0 aromatic carbocycles. The van der Waals surface area contributed by atoms with Gasteiger partial charge in [-0.15, -0.1) is 0 Å². The van der Waals surface area contributed by atoms with Gasteiger partial charge in [-0.25, -0.2) is 0 Å². The zero-order valence-corrected chi connectivity index (χ0v) is 12.7. The van der Waals surface area contributed by atoms with Gasteiger partial charge in [-0.05, 0) is 38.0 Å². The summed E-state index contributed by atoms with van der Waals surface area (Å²) in [7, 11) is 0. The molecule has 1 saturated carbocycles. The van der Waals surface area contributed by atoms with Crippen LogP contribution in [0.15, 0.2) is 0 Å². The number of carbonyl (C=O) groups is 2. The number of nitrogens with one attached hydrogen (secondary N) is 1. The van der Waals surface area contributed by atoms with Gasteiger partial charge in [0.25, 0.3) is 0 Å². The second-order valence-electron chi connectivity index (χ2n) is 6.54. The van der Waals surface area contributed by atoms with Crippen molar-refractivity contribution in [2.75, 3.05) is 6.54 Å². The van der Waals surface area contributed by atoms with Gasteiger partial charge in [0.2, 0.25) is 5.91 Å². The number of hydrogen-bond acceptors (Lipinski definition) is 3. The molecule has 116 valence electrons. The van der Waals surface area contributed by atoms with Gasteiger partial charge < -0.3 is 15.5 Å². The van der Waals surface area contributed by atoms with Gasteiger partial charge in [-0.3, -0.25) is 9.59 Å². The van der Waals surface area contributed by atoms with Crippen LogP contribution >= 0.6 is 0 Å². The Labute approximate surface area is 120 Å². The van der Waals surface area contributed by atoms with Crippen LogP contribution in [0.4, 0.5) is 0 Å². The summed E-state index contributed by atoms with van der Waals surface area (Å²) >= 11 is 0. The third-order valence-corrected chi connectivity index (χ3v) is 4.63. The Hall–Kier alpha value is -1.10. The molecule has 0 heterocycles. The number of carboxylic acids is 1. The van der Waals surface area contributed by atoms with Gasteiger partial charge >= 0.3 is 5.97 Å². The number of amides is 1. The lowest BCUT2D eigenvalue weighted by molar-refractivity contribution is -0.153. The first-order valence-electron chi connectivity index (χ1n) is 7.44. The van der Waals surface area contributed by atoms with Crippen LogP contribution in [0.1, 0.15) is 52.9 Å². The maximum absolute atomic E-state index is 12.0. The molecule has 0 bridgehead atoms. The topological polar surface area (TPSA) is 86.6 Å². The van der Waals surface area contributed by atoms with Crippen molar-refractivity contribution >= 4 is 11.9 Å². The molecule has 20 heavy (non-hydrogen) atoms. The molecule has 0 aliphatic heterocycles. The van der Waals surface area contributed by atoms with Crippen LogP contribution in [0.3, 0.4) is 0 Å². The third-order valence-electron chi connectivity index (χ3n) is 4.63. The lowest BCUT2D eigenvalue weighted by Crippen LogP contribution is -2.40. The first kappa shape index (κ1) is 17.0. The molecule has 0 spiro atoms. The van der Waals surface area contributed by atoms with E-state index in [1.165, 1.54) is 0 Å². The zero-order chi connectivity index (χ0) is 15.3. The van der Waals surface area contributed by atoms with Crippen LogP contribution in [0, 0.1) is 17.3 Å². The van der Waals surface area contributed by atoms with Crippen molar-refractivity contribution < 1.29 is 19.8 Å². The molecule has 0 aromatic heterocycles. The van der Waals surface area contributed by atoms with Crippen LogP contribution < -0.4 is 5.32 Å². The Bertz CT molecular complexity index is 356. The lowest BCUT2D eigenvalue weighted by Gasteiger charge is -2.29. The van der Waals surface area contributed by atoms with E-state index in [0.717, 1.165) is 25.7 Å². The Balaban J connectivity index is 2.44. The molecule has 3 unspecified atom stereocenters. The highest BCUT2D eigenvalue weighted by Gasteiger charge is 2.38. The average molecular weight is 285 g/mol. The summed E-state index contributed by atoms with van der Waals surface area (Å²) in [6.07, 6.45) is 3.30. The Morgan fingerprint density at radius 1 is 1.35 bits per heavy atom. The first-order chi connectivity index (χ1) is 9.25. The van der Waals surface area contributed by atoms with Crippen molar-refractivity contribution in [3.8, 4) is 0 Å². The minimum Gasteiger partial charge on any atom is -0.481 e. The van der Waals surface area contributed by atoms with Crippen molar-refractivity contribution in [1.29, 1.82) is 0 Å². The standard InChI is InChI=1S/C15H27NO4/c1-10(2)15(3,14(19)20)8-13(18)16-9-11-5-4-6-12(17)7-11/h10-12,17H,4-9H2,1-3H3,(H,16,18)(H,19,20). The molecule has 5 heteroatoms. The van der Waals surface area contributed by atoms with Crippen molar-refractivity contribution in [2.45, 2.75) is 59.0 Å². The van der Waals surface area contributed by atoms with Gasteiger partial charge in [-0.2, -0.15) is 0 Å². The van der Waals surface area contributed by atoms with Crippen LogP contribution in [0.25, 0.3) is 0 Å². The summed E-state index contributed by atoms with van der Waals surface area (Å²) in [5.74, 6) is -0.959. The van der Waals surface area contributed by atoms with Crippen molar-refractivity contribution in [2.24, 2.45) is 17.3 Å². The fourth-order valence-corrected chi connectivity index (χ4v) is 2.63. The Morgan fingerprint density at radius 3 is 2.50 bits per heavy atom. The molecule has 5 nitrogen and oxygen atoms in total. The molecular weight excluding hydrogens is 258 g/mol. The fraction of sp³-hybridized carbons (Fsp3) is 0.867. The largest absolute Gasteiger partial charge is 0.481 e. The molecule has 3 atom stereocenters. The smallest absolute Gasteiger partial charge is 0.310 e. The summed E-state index contributed by atoms with van der Waals surface area (Å²) in [5.41, 5.74) is -1.03. The zero-order valence-electron chi connectivity index (χ0n) is 12.7. The Kier molecular flexibility index (Phi) is 5.99. The van der Waals surface area contributed by atoms with Crippen molar-refractivity contribution in [3.63, 3.8) is 0 Å². The molecule has 1 aliphatic carbocycles. The molecular formula is C15H27NO4. The van der Waals surface area contributed by atoms with Gasteiger partial charge in [-0.1, -0.05) is 20.3 Å². The van der Waals surface area contributed by atoms with Crippen LogP contribution in [-0.2, 0) is 9.59 Å². The molecule has 0 saturated heterocycles. The maximum Gasteiger partial charge on any atom is 0.310 e. The highest BCUT2D eigenvalue weighted by Crippen LogP contribution is 2.31. The molecule has 0 aromatic rings. The molecule has 1 amide bonds. The van der Waals surface area contributed by atoms with E-state index in [1.807, 2.05) is 13.8 Å². The average Bonchev–Trinajstić information content (AvgIpc) is 2.36. The normalized spacial score (nSPS) is 26.1. The second kappa shape index (κ2) is 7.07. The van der Waals surface area contributed by atoms with E-state index in [-0.39, 0.29) is 24.3 Å². The SMILES string of the molecule is CC(C)C(C)(CC(=O)NCC1CCCC(O)C1)C(=O)O. The van der Waals surface area contributed by atoms with E-state index in [0.29, 0.717) is 12.5 Å². The second-order valence-corrected chi connectivity index (χ2v) is 6.54. The third kappa shape index (κ3) is 4.47.